The fraction of sp³-hybridized carbons (Fsp3) is 0.0800. The third kappa shape index (κ3) is 5.58. The van der Waals surface area contributed by atoms with Crippen LogP contribution in [0.5, 0.6) is 11.5 Å². The lowest BCUT2D eigenvalue weighted by molar-refractivity contribution is -0.123. The van der Waals surface area contributed by atoms with Gasteiger partial charge in [-0.25, -0.2) is 10.2 Å². The van der Waals surface area contributed by atoms with Gasteiger partial charge in [-0.3, -0.25) is 4.79 Å². The Labute approximate surface area is 199 Å². The Morgan fingerprint density at radius 3 is 2.52 bits per heavy atom. The first kappa shape index (κ1) is 22.5. The number of carbonyl (C=O) groups is 2. The van der Waals surface area contributed by atoms with Crippen LogP contribution >= 0.6 is 22.9 Å². The van der Waals surface area contributed by atoms with E-state index < -0.39 is 5.97 Å². The van der Waals surface area contributed by atoms with Crippen LogP contribution in [0.25, 0.3) is 10.1 Å². The second-order valence-electron chi connectivity index (χ2n) is 7.05. The van der Waals surface area contributed by atoms with Crippen LogP contribution in [-0.2, 0) is 4.79 Å². The Kier molecular flexibility index (Phi) is 7.02. The Hall–Kier alpha value is -3.68. The average molecular weight is 479 g/mol. The number of esters is 1. The number of nitrogens with one attached hydrogen (secondary N) is 1. The van der Waals surface area contributed by atoms with Gasteiger partial charge in [-0.1, -0.05) is 48.0 Å². The van der Waals surface area contributed by atoms with E-state index in [0.717, 1.165) is 21.2 Å². The van der Waals surface area contributed by atoms with E-state index in [-0.39, 0.29) is 12.5 Å². The maximum atomic E-state index is 12.5. The summed E-state index contributed by atoms with van der Waals surface area (Å²) in [5, 5.41) is 5.14. The van der Waals surface area contributed by atoms with Crippen molar-refractivity contribution in [3.05, 3.63) is 93.8 Å². The molecule has 166 valence electrons. The zero-order chi connectivity index (χ0) is 23.2. The van der Waals surface area contributed by atoms with Crippen LogP contribution in [0.15, 0.2) is 77.9 Å². The van der Waals surface area contributed by atoms with Crippen LogP contribution in [-0.4, -0.2) is 24.7 Å². The summed E-state index contributed by atoms with van der Waals surface area (Å²) in [5.74, 6) is 0.142. The summed E-state index contributed by atoms with van der Waals surface area (Å²) < 4.78 is 11.8. The summed E-state index contributed by atoms with van der Waals surface area (Å²) in [4.78, 5) is 24.8. The lowest BCUT2D eigenvalue weighted by Gasteiger charge is -2.07. The second-order valence-corrected chi connectivity index (χ2v) is 8.48. The number of carbonyl (C=O) groups excluding carboxylic acids is 2. The van der Waals surface area contributed by atoms with E-state index in [2.05, 4.69) is 10.5 Å². The summed E-state index contributed by atoms with van der Waals surface area (Å²) in [5.41, 5.74) is 4.08. The summed E-state index contributed by atoms with van der Waals surface area (Å²) in [6, 6.07) is 21.7. The molecule has 3 aromatic carbocycles. The molecular formula is C25H19ClN2O4S. The number of aryl methyl sites for hydroxylation is 1. The first-order valence-electron chi connectivity index (χ1n) is 10.0. The Balaban J connectivity index is 1.30. The van der Waals surface area contributed by atoms with Crippen molar-refractivity contribution in [1.82, 2.24) is 5.43 Å². The number of thiophene rings is 1. The molecule has 0 aliphatic rings. The standard InChI is InChI=1S/C25H19ClN2O4S/c1-16-6-2-4-8-20(16)31-15-22(29)28-27-14-17-10-12-18(13-11-17)32-25(30)24-23(26)19-7-3-5-9-21(19)33-24/h2-14H,15H2,1H3,(H,28,29)/b27-14+. The number of nitrogens with zero attached hydrogens (tertiary/aromatic N) is 1. The van der Waals surface area contributed by atoms with Crippen LogP contribution in [0.1, 0.15) is 20.8 Å². The number of para-hydroxylation sites is 1. The number of amides is 1. The SMILES string of the molecule is Cc1ccccc1OCC(=O)N/N=C/c1ccc(OC(=O)c2sc3ccccc3c2Cl)cc1. The van der Waals surface area contributed by atoms with E-state index in [9.17, 15) is 9.59 Å². The number of halogens is 1. The van der Waals surface area contributed by atoms with Crippen molar-refractivity contribution < 1.29 is 19.1 Å². The highest BCUT2D eigenvalue weighted by atomic mass is 35.5. The molecule has 0 radical (unpaired) electrons. The molecule has 1 aromatic heterocycles. The number of fused-ring (bicyclic) bond motifs is 1. The highest BCUT2D eigenvalue weighted by Gasteiger charge is 2.18. The molecule has 0 aliphatic carbocycles. The predicted octanol–water partition coefficient (Wildman–Crippen LogP) is 5.61. The maximum Gasteiger partial charge on any atom is 0.355 e. The van der Waals surface area contributed by atoms with Crippen LogP contribution in [0, 0.1) is 6.92 Å². The van der Waals surface area contributed by atoms with Crippen molar-refractivity contribution in [3.8, 4) is 11.5 Å². The third-order valence-corrected chi connectivity index (χ3v) is 6.32. The molecule has 1 N–H and O–H groups in total. The molecule has 0 bridgehead atoms. The molecule has 0 saturated heterocycles. The average Bonchev–Trinajstić information content (AvgIpc) is 3.16. The van der Waals surface area contributed by atoms with Crippen LogP contribution in [0.3, 0.4) is 0 Å². The highest BCUT2D eigenvalue weighted by molar-refractivity contribution is 7.21. The van der Waals surface area contributed by atoms with Crippen LogP contribution in [0.4, 0.5) is 0 Å². The topological polar surface area (TPSA) is 77.0 Å². The summed E-state index contributed by atoms with van der Waals surface area (Å²) >= 11 is 7.63. The van der Waals surface area contributed by atoms with Gasteiger partial charge in [0.15, 0.2) is 6.61 Å². The quantitative estimate of drug-likeness (QED) is 0.162. The minimum absolute atomic E-state index is 0.141. The normalized spacial score (nSPS) is 11.0. The Morgan fingerprint density at radius 1 is 1.03 bits per heavy atom. The molecule has 4 aromatic rings. The number of ether oxygens (including phenoxy) is 2. The largest absolute Gasteiger partial charge is 0.483 e. The number of hydrogen-bond acceptors (Lipinski definition) is 6. The minimum atomic E-state index is -0.511. The molecule has 0 aliphatic heterocycles. The first-order chi connectivity index (χ1) is 16.0. The van der Waals surface area contributed by atoms with Crippen LogP contribution in [0.2, 0.25) is 5.02 Å². The third-order valence-electron chi connectivity index (χ3n) is 4.67. The van der Waals surface area contributed by atoms with Crippen molar-refractivity contribution >= 4 is 51.1 Å². The van der Waals surface area contributed by atoms with Gasteiger partial charge in [0.2, 0.25) is 0 Å². The fourth-order valence-corrected chi connectivity index (χ4v) is 4.38. The molecule has 0 saturated carbocycles. The van der Waals surface area contributed by atoms with Crippen molar-refractivity contribution in [2.24, 2.45) is 5.10 Å². The molecule has 0 spiro atoms. The number of hydrazone groups is 1. The van der Waals surface area contributed by atoms with E-state index in [1.807, 2.05) is 49.4 Å². The van der Waals surface area contributed by atoms with E-state index >= 15 is 0 Å². The van der Waals surface area contributed by atoms with Gasteiger partial charge in [0.1, 0.15) is 16.4 Å². The monoisotopic (exact) mass is 478 g/mol. The summed E-state index contributed by atoms with van der Waals surface area (Å²) in [7, 11) is 0. The molecule has 1 amide bonds. The van der Waals surface area contributed by atoms with Crippen LogP contribution < -0.4 is 14.9 Å². The predicted molar refractivity (Wildman–Crippen MR) is 131 cm³/mol. The van der Waals surface area contributed by atoms with E-state index in [1.165, 1.54) is 17.6 Å². The van der Waals surface area contributed by atoms with Gasteiger partial charge in [-0.2, -0.15) is 5.10 Å². The van der Waals surface area contributed by atoms with Gasteiger partial charge >= 0.3 is 5.97 Å². The molecule has 33 heavy (non-hydrogen) atoms. The molecule has 8 heteroatoms. The van der Waals surface area contributed by atoms with Gasteiger partial charge in [-0.15, -0.1) is 11.3 Å². The molecule has 0 unspecified atom stereocenters. The Bertz CT molecular complexity index is 1330. The van der Waals surface area contributed by atoms with Gasteiger partial charge < -0.3 is 9.47 Å². The zero-order valence-electron chi connectivity index (χ0n) is 17.6. The van der Waals surface area contributed by atoms with Crippen molar-refractivity contribution in [2.45, 2.75) is 6.92 Å². The fourth-order valence-electron chi connectivity index (χ4n) is 2.99. The highest BCUT2D eigenvalue weighted by Crippen LogP contribution is 2.35. The second kappa shape index (κ2) is 10.3. The molecule has 0 atom stereocenters. The molecular weight excluding hydrogens is 460 g/mol. The number of rotatable bonds is 7. The lowest BCUT2D eigenvalue weighted by atomic mass is 10.2. The minimum Gasteiger partial charge on any atom is -0.483 e. The molecule has 1 heterocycles. The van der Waals surface area contributed by atoms with Gasteiger partial charge in [0, 0.05) is 10.1 Å². The van der Waals surface area contributed by atoms with E-state index in [0.29, 0.717) is 21.4 Å². The lowest BCUT2D eigenvalue weighted by Crippen LogP contribution is -2.24. The maximum absolute atomic E-state index is 12.5. The van der Waals surface area contributed by atoms with Crippen molar-refractivity contribution in [3.63, 3.8) is 0 Å². The van der Waals surface area contributed by atoms with Crippen molar-refractivity contribution in [1.29, 1.82) is 0 Å². The molecule has 4 rings (SSSR count). The van der Waals surface area contributed by atoms with Crippen molar-refractivity contribution in [2.75, 3.05) is 6.61 Å². The summed E-state index contributed by atoms with van der Waals surface area (Å²) in [6.45, 7) is 1.76. The smallest absolute Gasteiger partial charge is 0.355 e. The number of hydrogen-bond donors (Lipinski definition) is 1. The molecule has 0 fully saturated rings. The zero-order valence-corrected chi connectivity index (χ0v) is 19.2. The van der Waals surface area contributed by atoms with Gasteiger partial charge in [0.05, 0.1) is 11.2 Å². The number of benzene rings is 3. The van der Waals surface area contributed by atoms with Gasteiger partial charge in [-0.05, 0) is 54.4 Å². The van der Waals surface area contributed by atoms with E-state index in [1.54, 1.807) is 30.3 Å². The Morgan fingerprint density at radius 2 is 1.76 bits per heavy atom. The summed E-state index contributed by atoms with van der Waals surface area (Å²) in [6.07, 6.45) is 1.49. The molecule has 6 nitrogen and oxygen atoms in total. The first-order valence-corrected chi connectivity index (χ1v) is 11.2. The van der Waals surface area contributed by atoms with E-state index in [4.69, 9.17) is 21.1 Å². The van der Waals surface area contributed by atoms with Gasteiger partial charge in [0.25, 0.3) is 5.91 Å².